The normalized spacial score (nSPS) is 14.6. The van der Waals surface area contributed by atoms with Crippen LogP contribution in [0.3, 0.4) is 0 Å². The number of carbonyl (C=O) groups is 1. The van der Waals surface area contributed by atoms with Crippen LogP contribution in [0, 0.1) is 0 Å². The summed E-state index contributed by atoms with van der Waals surface area (Å²) in [6.07, 6.45) is -0.950. The lowest BCUT2D eigenvalue weighted by Crippen LogP contribution is -2.24. The molecule has 0 aliphatic carbocycles. The smallest absolute Gasteiger partial charge is 0.335 e. The van der Waals surface area contributed by atoms with E-state index in [1.807, 2.05) is 0 Å². The predicted molar refractivity (Wildman–Crippen MR) is 54.3 cm³/mol. The molecular weight excluding hydrogens is 212 g/mol. The molecule has 16 heavy (non-hydrogen) atoms. The molecule has 1 aliphatic heterocycles. The van der Waals surface area contributed by atoms with Crippen LogP contribution >= 0.6 is 0 Å². The number of fused-ring (bicyclic) bond motifs is 1. The largest absolute Gasteiger partial charge is 0.467 e. The first-order valence-corrected chi connectivity index (χ1v) is 4.85. The maximum Gasteiger partial charge on any atom is 0.335 e. The van der Waals surface area contributed by atoms with Crippen molar-refractivity contribution in [3.63, 3.8) is 0 Å². The molecule has 5 heteroatoms. The number of benzene rings is 1. The van der Waals surface area contributed by atoms with Crippen LogP contribution in [-0.4, -0.2) is 31.1 Å². The fourth-order valence-corrected chi connectivity index (χ4v) is 1.51. The van der Waals surface area contributed by atoms with Crippen molar-refractivity contribution < 1.29 is 24.1 Å². The molecule has 1 aromatic rings. The third kappa shape index (κ3) is 2.09. The van der Waals surface area contributed by atoms with Gasteiger partial charge in [0, 0.05) is 6.42 Å². The molecule has 0 radical (unpaired) electrons. The molecule has 0 saturated carbocycles. The molecule has 0 saturated heterocycles. The van der Waals surface area contributed by atoms with E-state index in [1.165, 1.54) is 7.11 Å². The Bertz CT molecular complexity index is 401. The summed E-state index contributed by atoms with van der Waals surface area (Å²) in [6.45, 7) is 0.207. The van der Waals surface area contributed by atoms with Gasteiger partial charge in [-0.05, 0) is 17.7 Å². The lowest BCUT2D eigenvalue weighted by molar-refractivity contribution is -0.150. The van der Waals surface area contributed by atoms with E-state index in [0.717, 1.165) is 5.56 Å². The Morgan fingerprint density at radius 3 is 3.00 bits per heavy atom. The summed E-state index contributed by atoms with van der Waals surface area (Å²) in [5, 5.41) is 9.47. The summed E-state index contributed by atoms with van der Waals surface area (Å²) < 4.78 is 14.8. The fraction of sp³-hybridized carbons (Fsp3) is 0.364. The summed E-state index contributed by atoms with van der Waals surface area (Å²) in [7, 11) is 1.24. The van der Waals surface area contributed by atoms with Gasteiger partial charge in [0.15, 0.2) is 17.6 Å². The van der Waals surface area contributed by atoms with Gasteiger partial charge in [-0.2, -0.15) is 0 Å². The monoisotopic (exact) mass is 224 g/mol. The van der Waals surface area contributed by atoms with E-state index in [0.29, 0.717) is 11.5 Å². The van der Waals surface area contributed by atoms with E-state index in [9.17, 15) is 9.90 Å². The van der Waals surface area contributed by atoms with Crippen LogP contribution in [0.2, 0.25) is 0 Å². The van der Waals surface area contributed by atoms with E-state index in [1.54, 1.807) is 18.2 Å². The Labute approximate surface area is 92.5 Å². The summed E-state index contributed by atoms with van der Waals surface area (Å²) >= 11 is 0. The standard InChI is InChI=1S/C11H12O5/c1-14-11(13)8(12)4-7-2-3-9-10(5-7)16-6-15-9/h2-3,5,8,12H,4,6H2,1H3. The molecular formula is C11H12O5. The van der Waals surface area contributed by atoms with Crippen molar-refractivity contribution in [2.45, 2.75) is 12.5 Å². The van der Waals surface area contributed by atoms with Crippen LogP contribution < -0.4 is 9.47 Å². The van der Waals surface area contributed by atoms with Gasteiger partial charge in [-0.15, -0.1) is 0 Å². The number of esters is 1. The van der Waals surface area contributed by atoms with Crippen molar-refractivity contribution in [2.24, 2.45) is 0 Å². The number of rotatable bonds is 3. The van der Waals surface area contributed by atoms with Gasteiger partial charge in [0.1, 0.15) is 0 Å². The molecule has 0 aromatic heterocycles. The Morgan fingerprint density at radius 1 is 1.50 bits per heavy atom. The van der Waals surface area contributed by atoms with Crippen molar-refractivity contribution in [3.8, 4) is 11.5 Å². The van der Waals surface area contributed by atoms with Gasteiger partial charge < -0.3 is 19.3 Å². The molecule has 1 aliphatic rings. The minimum atomic E-state index is -1.15. The van der Waals surface area contributed by atoms with E-state index in [2.05, 4.69) is 4.74 Å². The van der Waals surface area contributed by atoms with Gasteiger partial charge in [0.2, 0.25) is 6.79 Å². The number of carbonyl (C=O) groups excluding carboxylic acids is 1. The van der Waals surface area contributed by atoms with Crippen molar-refractivity contribution in [1.82, 2.24) is 0 Å². The third-order valence-corrected chi connectivity index (χ3v) is 2.34. The highest BCUT2D eigenvalue weighted by molar-refractivity contribution is 5.74. The van der Waals surface area contributed by atoms with Crippen LogP contribution in [0.5, 0.6) is 11.5 Å². The first-order chi connectivity index (χ1) is 7.70. The van der Waals surface area contributed by atoms with E-state index >= 15 is 0 Å². The number of ether oxygens (including phenoxy) is 3. The molecule has 2 rings (SSSR count). The fourth-order valence-electron chi connectivity index (χ4n) is 1.51. The van der Waals surface area contributed by atoms with E-state index in [-0.39, 0.29) is 13.2 Å². The van der Waals surface area contributed by atoms with Crippen LogP contribution in [0.15, 0.2) is 18.2 Å². The minimum Gasteiger partial charge on any atom is -0.467 e. The second kappa shape index (κ2) is 4.40. The molecule has 0 amide bonds. The SMILES string of the molecule is COC(=O)C(O)Cc1ccc2c(c1)OCO2. The van der Waals surface area contributed by atoms with Gasteiger partial charge >= 0.3 is 5.97 Å². The second-order valence-electron chi connectivity index (χ2n) is 3.43. The number of aliphatic hydroxyl groups excluding tert-OH is 1. The molecule has 0 fully saturated rings. The molecule has 0 spiro atoms. The zero-order valence-corrected chi connectivity index (χ0v) is 8.80. The highest BCUT2D eigenvalue weighted by atomic mass is 16.7. The minimum absolute atomic E-state index is 0.198. The number of hydrogen-bond donors (Lipinski definition) is 1. The maximum atomic E-state index is 11.0. The second-order valence-corrected chi connectivity index (χ2v) is 3.43. The van der Waals surface area contributed by atoms with Crippen molar-refractivity contribution >= 4 is 5.97 Å². The van der Waals surface area contributed by atoms with Gasteiger partial charge in [-0.3, -0.25) is 0 Å². The Morgan fingerprint density at radius 2 is 2.25 bits per heavy atom. The molecule has 0 bridgehead atoms. The molecule has 1 unspecified atom stereocenters. The Kier molecular flexibility index (Phi) is 2.96. The molecule has 5 nitrogen and oxygen atoms in total. The van der Waals surface area contributed by atoms with Gasteiger partial charge in [-0.25, -0.2) is 4.79 Å². The summed E-state index contributed by atoms with van der Waals surface area (Å²) in [4.78, 5) is 11.0. The highest BCUT2D eigenvalue weighted by Gasteiger charge is 2.18. The summed E-state index contributed by atoms with van der Waals surface area (Å²) in [5.41, 5.74) is 0.794. The van der Waals surface area contributed by atoms with Crippen LogP contribution in [-0.2, 0) is 16.0 Å². The molecule has 1 atom stereocenters. The van der Waals surface area contributed by atoms with Crippen molar-refractivity contribution in [2.75, 3.05) is 13.9 Å². The number of aliphatic hydroxyl groups is 1. The van der Waals surface area contributed by atoms with Gasteiger partial charge in [-0.1, -0.05) is 6.07 Å². The summed E-state index contributed by atoms with van der Waals surface area (Å²) in [6, 6.07) is 5.27. The van der Waals surface area contributed by atoms with Crippen LogP contribution in [0.25, 0.3) is 0 Å². The molecule has 1 aromatic carbocycles. The van der Waals surface area contributed by atoms with Crippen LogP contribution in [0.1, 0.15) is 5.56 Å². The topological polar surface area (TPSA) is 65.0 Å². The first-order valence-electron chi connectivity index (χ1n) is 4.85. The number of hydrogen-bond acceptors (Lipinski definition) is 5. The number of methoxy groups -OCH3 is 1. The average Bonchev–Trinajstić information content (AvgIpc) is 2.75. The van der Waals surface area contributed by atoms with Gasteiger partial charge in [0.05, 0.1) is 7.11 Å². The Balaban J connectivity index is 2.08. The van der Waals surface area contributed by atoms with Crippen molar-refractivity contribution in [3.05, 3.63) is 23.8 Å². The summed E-state index contributed by atoms with van der Waals surface area (Å²) in [5.74, 6) is 0.670. The highest BCUT2D eigenvalue weighted by Crippen LogP contribution is 2.32. The predicted octanol–water partition coefficient (Wildman–Crippen LogP) is 0.492. The molecule has 1 N–H and O–H groups in total. The lowest BCUT2D eigenvalue weighted by atomic mass is 10.1. The van der Waals surface area contributed by atoms with E-state index in [4.69, 9.17) is 9.47 Å². The maximum absolute atomic E-state index is 11.0. The average molecular weight is 224 g/mol. The quantitative estimate of drug-likeness (QED) is 0.757. The van der Waals surface area contributed by atoms with Crippen LogP contribution in [0.4, 0.5) is 0 Å². The van der Waals surface area contributed by atoms with E-state index < -0.39 is 12.1 Å². The lowest BCUT2D eigenvalue weighted by Gasteiger charge is -2.08. The zero-order chi connectivity index (χ0) is 11.5. The third-order valence-electron chi connectivity index (χ3n) is 2.34. The Hall–Kier alpha value is -1.75. The first kappa shape index (κ1) is 10.8. The zero-order valence-electron chi connectivity index (χ0n) is 8.80. The molecule has 86 valence electrons. The van der Waals surface area contributed by atoms with Crippen molar-refractivity contribution in [1.29, 1.82) is 0 Å². The molecule has 1 heterocycles. The van der Waals surface area contributed by atoms with Gasteiger partial charge in [0.25, 0.3) is 0 Å².